The first-order chi connectivity index (χ1) is 12.2. The molecule has 1 heterocycles. The second kappa shape index (κ2) is 7.99. The molecule has 1 aromatic carbocycles. The normalized spacial score (nSPS) is 11.0. The quantitative estimate of drug-likeness (QED) is 0.834. The number of ether oxygens (including phenoxy) is 2. The van der Waals surface area contributed by atoms with Crippen LogP contribution < -0.4 is 10.1 Å². The van der Waals surface area contributed by atoms with Crippen LogP contribution in [0.15, 0.2) is 36.4 Å². The van der Waals surface area contributed by atoms with Gasteiger partial charge in [0.2, 0.25) is 0 Å². The molecule has 0 aliphatic carbocycles. The second-order valence-electron chi connectivity index (χ2n) is 6.80. The van der Waals surface area contributed by atoms with Crippen LogP contribution in [0, 0.1) is 0 Å². The first-order valence-corrected chi connectivity index (χ1v) is 8.32. The summed E-state index contributed by atoms with van der Waals surface area (Å²) in [5.74, 6) is -0.138. The van der Waals surface area contributed by atoms with E-state index in [0.717, 1.165) is 11.3 Å². The summed E-state index contributed by atoms with van der Waals surface area (Å²) in [6.45, 7) is 5.38. The van der Waals surface area contributed by atoms with E-state index in [-0.39, 0.29) is 11.6 Å². The van der Waals surface area contributed by atoms with Gasteiger partial charge < -0.3 is 14.8 Å². The van der Waals surface area contributed by atoms with Gasteiger partial charge in [-0.1, -0.05) is 18.2 Å². The van der Waals surface area contributed by atoms with Gasteiger partial charge in [0, 0.05) is 24.7 Å². The smallest absolute Gasteiger partial charge is 0.338 e. The molecule has 2 aromatic rings. The lowest BCUT2D eigenvalue weighted by Crippen LogP contribution is -2.25. The number of amides is 1. The molecule has 0 unspecified atom stereocenters. The van der Waals surface area contributed by atoms with E-state index in [1.54, 1.807) is 33.9 Å². The molecule has 0 aliphatic rings. The molecule has 1 N–H and O–H groups in total. The summed E-state index contributed by atoms with van der Waals surface area (Å²) < 4.78 is 10.8. The lowest BCUT2D eigenvalue weighted by atomic mass is 10.1. The lowest BCUT2D eigenvalue weighted by molar-refractivity contribution is 0.00692. The topological polar surface area (TPSA) is 77.5 Å². The fraction of sp³-hybridized carbons (Fsp3) is 0.350. The number of carbonyl (C=O) groups excluding carboxylic acids is 2. The molecule has 2 rings (SSSR count). The zero-order valence-corrected chi connectivity index (χ0v) is 15.8. The van der Waals surface area contributed by atoms with E-state index in [0.29, 0.717) is 17.7 Å². The highest BCUT2D eigenvalue weighted by molar-refractivity contribution is 5.96. The Bertz CT molecular complexity index is 810. The van der Waals surface area contributed by atoms with Crippen molar-refractivity contribution in [3.8, 4) is 5.75 Å². The zero-order chi connectivity index (χ0) is 19.3. The van der Waals surface area contributed by atoms with Gasteiger partial charge in [0.25, 0.3) is 5.91 Å². The third-order valence-electron chi connectivity index (χ3n) is 3.54. The molecule has 0 radical (unpaired) electrons. The van der Waals surface area contributed by atoms with Gasteiger partial charge in [-0.25, -0.2) is 9.78 Å². The number of methoxy groups -OCH3 is 1. The minimum atomic E-state index is -0.629. The molecule has 6 heteroatoms. The molecular weight excluding hydrogens is 332 g/mol. The Morgan fingerprint density at radius 1 is 1.15 bits per heavy atom. The Morgan fingerprint density at radius 3 is 2.46 bits per heavy atom. The molecule has 1 aromatic heterocycles. The summed E-state index contributed by atoms with van der Waals surface area (Å²) in [6, 6.07) is 10.6. The Kier molecular flexibility index (Phi) is 5.97. The zero-order valence-electron chi connectivity index (χ0n) is 15.8. The van der Waals surface area contributed by atoms with E-state index in [4.69, 9.17) is 9.47 Å². The Morgan fingerprint density at radius 2 is 1.85 bits per heavy atom. The standard InChI is InChI=1S/C20H24N2O4/c1-20(2,3)26-19(24)14-11-15(22-16(12-14)18(23)21-4)10-13-8-6-7-9-17(13)25-5/h6-9,11-12H,10H2,1-5H3,(H,21,23). The summed E-state index contributed by atoms with van der Waals surface area (Å²) in [5.41, 5.74) is 1.32. The number of esters is 1. The fourth-order valence-electron chi connectivity index (χ4n) is 2.42. The first-order valence-electron chi connectivity index (χ1n) is 8.32. The van der Waals surface area contributed by atoms with Crippen molar-refractivity contribution < 1.29 is 19.1 Å². The molecule has 0 bridgehead atoms. The van der Waals surface area contributed by atoms with Crippen LogP contribution in [0.3, 0.4) is 0 Å². The summed E-state index contributed by atoms with van der Waals surface area (Å²) in [4.78, 5) is 28.9. The number of benzene rings is 1. The van der Waals surface area contributed by atoms with Gasteiger partial charge in [-0.2, -0.15) is 0 Å². The lowest BCUT2D eigenvalue weighted by Gasteiger charge is -2.20. The minimum Gasteiger partial charge on any atom is -0.496 e. The fourth-order valence-corrected chi connectivity index (χ4v) is 2.42. The van der Waals surface area contributed by atoms with E-state index in [1.807, 2.05) is 24.3 Å². The highest BCUT2D eigenvalue weighted by atomic mass is 16.6. The number of hydrogen-bond acceptors (Lipinski definition) is 5. The predicted molar refractivity (Wildman–Crippen MR) is 98.6 cm³/mol. The van der Waals surface area contributed by atoms with Gasteiger partial charge in [0.05, 0.1) is 12.7 Å². The number of aromatic nitrogens is 1. The van der Waals surface area contributed by atoms with Crippen LogP contribution in [-0.4, -0.2) is 36.6 Å². The van der Waals surface area contributed by atoms with E-state index in [9.17, 15) is 9.59 Å². The first kappa shape index (κ1) is 19.4. The van der Waals surface area contributed by atoms with Crippen LogP contribution >= 0.6 is 0 Å². The Labute approximate surface area is 153 Å². The minimum absolute atomic E-state index is 0.167. The maximum atomic E-state index is 12.4. The van der Waals surface area contributed by atoms with Gasteiger partial charge in [0.15, 0.2) is 0 Å². The number of para-hydroxylation sites is 1. The molecular formula is C20H24N2O4. The van der Waals surface area contributed by atoms with Crippen LogP contribution in [-0.2, 0) is 11.2 Å². The molecule has 0 fully saturated rings. The molecule has 0 saturated carbocycles. The Hall–Kier alpha value is -2.89. The molecule has 6 nitrogen and oxygen atoms in total. The molecule has 138 valence electrons. The summed E-state index contributed by atoms with van der Waals surface area (Å²) in [7, 11) is 3.11. The summed E-state index contributed by atoms with van der Waals surface area (Å²) >= 11 is 0. The molecule has 1 amide bonds. The van der Waals surface area contributed by atoms with E-state index in [1.165, 1.54) is 13.1 Å². The average molecular weight is 356 g/mol. The highest BCUT2D eigenvalue weighted by Gasteiger charge is 2.21. The van der Waals surface area contributed by atoms with Crippen LogP contribution in [0.5, 0.6) is 5.75 Å². The van der Waals surface area contributed by atoms with Crippen molar-refractivity contribution in [2.75, 3.05) is 14.2 Å². The molecule has 0 atom stereocenters. The van der Waals surface area contributed by atoms with E-state index in [2.05, 4.69) is 10.3 Å². The number of nitrogens with one attached hydrogen (secondary N) is 1. The molecule has 0 saturated heterocycles. The third kappa shape index (κ3) is 5.05. The van der Waals surface area contributed by atoms with E-state index < -0.39 is 11.6 Å². The number of hydrogen-bond donors (Lipinski definition) is 1. The van der Waals surface area contributed by atoms with Crippen LogP contribution in [0.2, 0.25) is 0 Å². The maximum absolute atomic E-state index is 12.4. The third-order valence-corrected chi connectivity index (χ3v) is 3.54. The van der Waals surface area contributed by atoms with Gasteiger partial charge in [-0.15, -0.1) is 0 Å². The van der Waals surface area contributed by atoms with Crippen molar-refractivity contribution in [1.29, 1.82) is 0 Å². The maximum Gasteiger partial charge on any atom is 0.338 e. The summed E-state index contributed by atoms with van der Waals surface area (Å²) in [5, 5.41) is 2.53. The summed E-state index contributed by atoms with van der Waals surface area (Å²) in [6.07, 6.45) is 0.421. The number of nitrogens with zero attached hydrogens (tertiary/aromatic N) is 1. The molecule has 26 heavy (non-hydrogen) atoms. The van der Waals surface area contributed by atoms with Gasteiger partial charge in [-0.3, -0.25) is 4.79 Å². The Balaban J connectivity index is 2.43. The van der Waals surface area contributed by atoms with Crippen LogP contribution in [0.4, 0.5) is 0 Å². The van der Waals surface area contributed by atoms with Crippen molar-refractivity contribution in [2.45, 2.75) is 32.8 Å². The number of pyridine rings is 1. The van der Waals surface area contributed by atoms with Crippen molar-refractivity contribution in [1.82, 2.24) is 10.3 Å². The number of rotatable bonds is 5. The molecule has 0 spiro atoms. The average Bonchev–Trinajstić information content (AvgIpc) is 2.59. The van der Waals surface area contributed by atoms with E-state index >= 15 is 0 Å². The van der Waals surface area contributed by atoms with Crippen LogP contribution in [0.1, 0.15) is 52.9 Å². The van der Waals surface area contributed by atoms with Gasteiger partial charge in [-0.05, 0) is 39.0 Å². The van der Waals surface area contributed by atoms with Crippen molar-refractivity contribution in [3.05, 3.63) is 58.9 Å². The van der Waals surface area contributed by atoms with Crippen LogP contribution in [0.25, 0.3) is 0 Å². The SMILES string of the molecule is CNC(=O)c1cc(C(=O)OC(C)(C)C)cc(Cc2ccccc2OC)n1. The second-order valence-corrected chi connectivity index (χ2v) is 6.80. The van der Waals surface area contributed by atoms with Gasteiger partial charge >= 0.3 is 5.97 Å². The highest BCUT2D eigenvalue weighted by Crippen LogP contribution is 2.22. The van der Waals surface area contributed by atoms with Crippen molar-refractivity contribution >= 4 is 11.9 Å². The van der Waals surface area contributed by atoms with Crippen molar-refractivity contribution in [2.24, 2.45) is 0 Å². The predicted octanol–water partition coefficient (Wildman–Crippen LogP) is 3.00. The number of carbonyl (C=O) groups is 2. The monoisotopic (exact) mass is 356 g/mol. The van der Waals surface area contributed by atoms with Crippen molar-refractivity contribution in [3.63, 3.8) is 0 Å². The van der Waals surface area contributed by atoms with Gasteiger partial charge in [0.1, 0.15) is 17.0 Å². The molecule has 0 aliphatic heterocycles. The largest absolute Gasteiger partial charge is 0.496 e.